The van der Waals surface area contributed by atoms with Crippen molar-refractivity contribution < 1.29 is 5.11 Å². The molecule has 1 nitrogen and oxygen atoms in total. The average molecular weight is 86.1 g/mol. The SMILES string of the molecule is [CH]C(CC)CO. The normalized spacial score (nSPS) is 14.5. The molecule has 0 aromatic heterocycles. The smallest absolute Gasteiger partial charge is 0.0462 e. The summed E-state index contributed by atoms with van der Waals surface area (Å²) in [7, 11) is 0. The highest BCUT2D eigenvalue weighted by Crippen LogP contribution is 1.94. The summed E-state index contributed by atoms with van der Waals surface area (Å²) in [4.78, 5) is 0. The van der Waals surface area contributed by atoms with Crippen molar-refractivity contribution in [2.75, 3.05) is 6.61 Å². The van der Waals surface area contributed by atoms with Crippen LogP contribution in [-0.2, 0) is 0 Å². The lowest BCUT2D eigenvalue weighted by Crippen LogP contribution is -1.96. The first-order valence-electron chi connectivity index (χ1n) is 2.17. The largest absolute Gasteiger partial charge is 0.396 e. The lowest BCUT2D eigenvalue weighted by atomic mass is 10.1. The molecule has 0 spiro atoms. The average Bonchev–Trinajstić information content (AvgIpc) is 1.65. The molecule has 0 saturated carbocycles. The van der Waals surface area contributed by atoms with Gasteiger partial charge in [-0.25, -0.2) is 0 Å². The van der Waals surface area contributed by atoms with Crippen molar-refractivity contribution in [2.45, 2.75) is 13.3 Å². The number of rotatable bonds is 2. The molecule has 0 aliphatic heterocycles. The molecule has 6 heavy (non-hydrogen) atoms. The zero-order valence-electron chi connectivity index (χ0n) is 4.02. The third kappa shape index (κ3) is 2.21. The van der Waals surface area contributed by atoms with Gasteiger partial charge in [0.05, 0.1) is 0 Å². The van der Waals surface area contributed by atoms with Crippen molar-refractivity contribution in [3.05, 3.63) is 6.92 Å². The summed E-state index contributed by atoms with van der Waals surface area (Å²) >= 11 is 0. The maximum absolute atomic E-state index is 8.21. The Morgan fingerprint density at radius 2 is 2.33 bits per heavy atom. The number of aliphatic hydroxyl groups excluding tert-OH is 1. The van der Waals surface area contributed by atoms with E-state index < -0.39 is 0 Å². The third-order valence-corrected chi connectivity index (χ3v) is 0.759. The summed E-state index contributed by atoms with van der Waals surface area (Å²) in [6.07, 6.45) is 0.858. The minimum atomic E-state index is -0.00926. The number of aliphatic hydroxyl groups is 1. The van der Waals surface area contributed by atoms with Crippen molar-refractivity contribution in [1.82, 2.24) is 0 Å². The van der Waals surface area contributed by atoms with Crippen LogP contribution >= 0.6 is 0 Å². The molecule has 1 atom stereocenters. The fraction of sp³-hybridized carbons (Fsp3) is 0.800. The molecule has 1 heteroatoms. The van der Waals surface area contributed by atoms with Crippen LogP contribution in [0.25, 0.3) is 0 Å². The van der Waals surface area contributed by atoms with Crippen LogP contribution in [0.5, 0.6) is 0 Å². The standard InChI is InChI=1S/C5H10O/c1-3-5(2)4-6/h2,5-6H,3-4H2,1H3. The van der Waals surface area contributed by atoms with Gasteiger partial charge in [-0.05, 0) is 12.8 Å². The lowest BCUT2D eigenvalue weighted by molar-refractivity contribution is 0.248. The zero-order chi connectivity index (χ0) is 4.99. The van der Waals surface area contributed by atoms with Crippen LogP contribution in [-0.4, -0.2) is 11.7 Å². The Bertz CT molecular complexity index is 23.1. The molecule has 0 fully saturated rings. The lowest BCUT2D eigenvalue weighted by Gasteiger charge is -1.97. The van der Waals surface area contributed by atoms with E-state index in [-0.39, 0.29) is 12.5 Å². The van der Waals surface area contributed by atoms with Gasteiger partial charge in [-0.2, -0.15) is 0 Å². The summed E-state index contributed by atoms with van der Waals surface area (Å²) in [5.41, 5.74) is 0. The van der Waals surface area contributed by atoms with Crippen LogP contribution in [0.2, 0.25) is 0 Å². The van der Waals surface area contributed by atoms with Crippen LogP contribution in [0.3, 0.4) is 0 Å². The Balaban J connectivity index is 2.75. The molecule has 1 unspecified atom stereocenters. The van der Waals surface area contributed by atoms with E-state index in [0.29, 0.717) is 0 Å². The molecule has 0 rings (SSSR count). The highest BCUT2D eigenvalue weighted by Gasteiger charge is 1.90. The third-order valence-electron chi connectivity index (χ3n) is 0.759. The molecular formula is C5H10O. The van der Waals surface area contributed by atoms with Crippen molar-refractivity contribution in [1.29, 1.82) is 0 Å². The molecule has 0 aliphatic carbocycles. The van der Waals surface area contributed by atoms with Crippen molar-refractivity contribution >= 4 is 0 Å². The van der Waals surface area contributed by atoms with Gasteiger partial charge in [0.1, 0.15) is 0 Å². The summed E-state index contributed by atoms with van der Waals surface area (Å²) in [6.45, 7) is 7.28. The second-order valence-corrected chi connectivity index (χ2v) is 1.35. The minimum Gasteiger partial charge on any atom is -0.396 e. The predicted molar refractivity (Wildman–Crippen MR) is 25.2 cm³/mol. The van der Waals surface area contributed by atoms with Crippen molar-refractivity contribution in [2.24, 2.45) is 5.92 Å². The van der Waals surface area contributed by atoms with Gasteiger partial charge in [-0.1, -0.05) is 13.3 Å². The Morgan fingerprint density at radius 3 is 2.33 bits per heavy atom. The molecular weight excluding hydrogens is 76.1 g/mol. The summed E-state index contributed by atoms with van der Waals surface area (Å²) < 4.78 is 0. The van der Waals surface area contributed by atoms with E-state index in [2.05, 4.69) is 0 Å². The van der Waals surface area contributed by atoms with E-state index in [1.54, 1.807) is 0 Å². The van der Waals surface area contributed by atoms with E-state index in [0.717, 1.165) is 6.42 Å². The Hall–Kier alpha value is -0.0400. The summed E-state index contributed by atoms with van der Waals surface area (Å²) in [6, 6.07) is 0. The fourth-order valence-electron chi connectivity index (χ4n) is 0.129. The molecule has 0 aromatic rings. The molecule has 0 aromatic carbocycles. The molecule has 0 amide bonds. The second kappa shape index (κ2) is 3.16. The van der Waals surface area contributed by atoms with Crippen LogP contribution < -0.4 is 0 Å². The van der Waals surface area contributed by atoms with Gasteiger partial charge >= 0.3 is 0 Å². The topological polar surface area (TPSA) is 20.2 Å². The van der Waals surface area contributed by atoms with Crippen LogP contribution in [0.1, 0.15) is 13.3 Å². The molecule has 1 N–H and O–H groups in total. The maximum Gasteiger partial charge on any atom is 0.0462 e. The van der Waals surface area contributed by atoms with Crippen molar-refractivity contribution in [3.63, 3.8) is 0 Å². The van der Waals surface area contributed by atoms with E-state index in [1.807, 2.05) is 6.92 Å². The van der Waals surface area contributed by atoms with E-state index in [9.17, 15) is 0 Å². The van der Waals surface area contributed by atoms with Gasteiger partial charge in [0, 0.05) is 6.61 Å². The van der Waals surface area contributed by atoms with Crippen molar-refractivity contribution in [3.8, 4) is 0 Å². The Morgan fingerprint density at radius 1 is 1.83 bits per heavy atom. The van der Waals surface area contributed by atoms with Crippen LogP contribution in [0.4, 0.5) is 0 Å². The first-order valence-corrected chi connectivity index (χ1v) is 2.17. The Labute approximate surface area is 39.0 Å². The van der Waals surface area contributed by atoms with E-state index >= 15 is 0 Å². The molecule has 0 saturated heterocycles. The molecule has 0 heterocycles. The highest BCUT2D eigenvalue weighted by molar-refractivity contribution is 4.53. The van der Waals surface area contributed by atoms with E-state index in [1.165, 1.54) is 0 Å². The molecule has 36 valence electrons. The van der Waals surface area contributed by atoms with Gasteiger partial charge in [0.15, 0.2) is 0 Å². The number of hydrogen-bond donors (Lipinski definition) is 1. The first-order chi connectivity index (χ1) is 2.81. The monoisotopic (exact) mass is 86.1 g/mol. The van der Waals surface area contributed by atoms with Gasteiger partial charge in [0.25, 0.3) is 0 Å². The highest BCUT2D eigenvalue weighted by atomic mass is 16.3. The van der Waals surface area contributed by atoms with Gasteiger partial charge in [-0.15, -0.1) is 0 Å². The molecule has 0 aliphatic rings. The summed E-state index contributed by atoms with van der Waals surface area (Å²) in [5.74, 6) is -0.00926. The van der Waals surface area contributed by atoms with Gasteiger partial charge in [-0.3, -0.25) is 0 Å². The molecule has 2 radical (unpaired) electrons. The van der Waals surface area contributed by atoms with Gasteiger partial charge < -0.3 is 5.11 Å². The first kappa shape index (κ1) is 5.96. The minimum absolute atomic E-state index is 0.00926. The molecule has 0 bridgehead atoms. The van der Waals surface area contributed by atoms with E-state index in [4.69, 9.17) is 12.0 Å². The quantitative estimate of drug-likeness (QED) is 0.525. The second-order valence-electron chi connectivity index (χ2n) is 1.35. The maximum atomic E-state index is 8.21. The van der Waals surface area contributed by atoms with Gasteiger partial charge in [0.2, 0.25) is 0 Å². The van der Waals surface area contributed by atoms with Crippen LogP contribution in [0.15, 0.2) is 0 Å². The predicted octanol–water partition coefficient (Wildman–Crippen LogP) is 0.716. The fourth-order valence-corrected chi connectivity index (χ4v) is 0.129. The number of hydrogen-bond acceptors (Lipinski definition) is 1. The zero-order valence-corrected chi connectivity index (χ0v) is 4.02. The van der Waals surface area contributed by atoms with Crippen LogP contribution in [0, 0.1) is 12.8 Å². The summed E-state index contributed by atoms with van der Waals surface area (Å²) in [5, 5.41) is 8.21. The Kier molecular flexibility index (Phi) is 3.14.